The van der Waals surface area contributed by atoms with Crippen molar-refractivity contribution in [1.29, 1.82) is 0 Å². The molecule has 1 aliphatic carbocycles. The molecule has 2 aliphatic rings. The summed E-state index contributed by atoms with van der Waals surface area (Å²) in [4.78, 5) is 11.9. The molecule has 3 rings (SSSR count). The van der Waals surface area contributed by atoms with Gasteiger partial charge in [-0.3, -0.25) is 4.79 Å². The number of carbonyl (C=O) groups excluding carboxylic acids is 1. The van der Waals surface area contributed by atoms with E-state index in [1.54, 1.807) is 12.1 Å². The van der Waals surface area contributed by atoms with Gasteiger partial charge in [0.1, 0.15) is 0 Å². The van der Waals surface area contributed by atoms with Crippen molar-refractivity contribution in [2.75, 3.05) is 5.33 Å². The number of carbonyl (C=O) groups is 1. The number of halogens is 3. The molecule has 0 spiro atoms. The van der Waals surface area contributed by atoms with Crippen LogP contribution in [0.25, 0.3) is 0 Å². The molecule has 18 heavy (non-hydrogen) atoms. The number of benzene rings is 1. The molecule has 0 aromatic heterocycles. The van der Waals surface area contributed by atoms with E-state index in [1.807, 2.05) is 0 Å². The van der Waals surface area contributed by atoms with Gasteiger partial charge in [0.2, 0.25) is 0 Å². The fourth-order valence-electron chi connectivity index (χ4n) is 2.30. The fourth-order valence-corrected chi connectivity index (χ4v) is 2.83. The van der Waals surface area contributed by atoms with Crippen molar-refractivity contribution in [3.05, 3.63) is 23.8 Å². The van der Waals surface area contributed by atoms with Crippen LogP contribution in [0.15, 0.2) is 18.2 Å². The molecule has 3 nitrogen and oxygen atoms in total. The first kappa shape index (κ1) is 11.9. The molecular formula is C12H9BrF2O3. The number of alkyl halides is 3. The van der Waals surface area contributed by atoms with E-state index in [0.29, 0.717) is 18.4 Å². The molecule has 1 fully saturated rings. The smallest absolute Gasteiger partial charge is 0.395 e. The number of para-hydroxylation sites is 1. The van der Waals surface area contributed by atoms with Gasteiger partial charge in [-0.2, -0.15) is 0 Å². The van der Waals surface area contributed by atoms with Crippen LogP contribution >= 0.6 is 15.9 Å². The Hall–Kier alpha value is -1.17. The largest absolute Gasteiger partial charge is 0.586 e. The SMILES string of the molecule is O=C(CBr)C1(c2cccc3c2OC(F)(F)O3)CC1. The van der Waals surface area contributed by atoms with Crippen molar-refractivity contribution < 1.29 is 23.0 Å². The Balaban J connectivity index is 2.07. The summed E-state index contributed by atoms with van der Waals surface area (Å²) in [6, 6.07) is 4.66. The van der Waals surface area contributed by atoms with Crippen LogP contribution in [0.2, 0.25) is 0 Å². The van der Waals surface area contributed by atoms with E-state index in [9.17, 15) is 13.6 Å². The Bertz CT molecular complexity index is 526. The van der Waals surface area contributed by atoms with Crippen LogP contribution in [0.1, 0.15) is 18.4 Å². The van der Waals surface area contributed by atoms with Crippen molar-refractivity contribution in [1.82, 2.24) is 0 Å². The molecule has 0 saturated heterocycles. The quantitative estimate of drug-likeness (QED) is 0.804. The first-order valence-electron chi connectivity index (χ1n) is 5.47. The Kier molecular flexibility index (Phi) is 2.42. The van der Waals surface area contributed by atoms with Crippen molar-refractivity contribution in [3.63, 3.8) is 0 Å². The van der Waals surface area contributed by atoms with Gasteiger partial charge in [0, 0.05) is 5.56 Å². The Morgan fingerprint density at radius 3 is 2.67 bits per heavy atom. The highest BCUT2D eigenvalue weighted by Gasteiger charge is 2.55. The van der Waals surface area contributed by atoms with E-state index in [-0.39, 0.29) is 22.6 Å². The number of ketones is 1. The maximum atomic E-state index is 13.1. The van der Waals surface area contributed by atoms with Crippen LogP contribution in [0.5, 0.6) is 11.5 Å². The normalized spacial score (nSPS) is 21.7. The molecule has 0 bridgehead atoms. The van der Waals surface area contributed by atoms with Gasteiger partial charge in [-0.25, -0.2) is 0 Å². The summed E-state index contributed by atoms with van der Waals surface area (Å²) in [7, 11) is 0. The van der Waals surface area contributed by atoms with Gasteiger partial charge in [-0.05, 0) is 18.9 Å². The van der Waals surface area contributed by atoms with E-state index >= 15 is 0 Å². The predicted octanol–water partition coefficient (Wildman–Crippen LogP) is 3.00. The summed E-state index contributed by atoms with van der Waals surface area (Å²) in [5.41, 5.74) is -0.180. The molecule has 1 saturated carbocycles. The van der Waals surface area contributed by atoms with Crippen molar-refractivity contribution in [3.8, 4) is 11.5 Å². The van der Waals surface area contributed by atoms with Crippen LogP contribution < -0.4 is 9.47 Å². The van der Waals surface area contributed by atoms with Crippen LogP contribution in [0.4, 0.5) is 8.78 Å². The highest BCUT2D eigenvalue weighted by molar-refractivity contribution is 9.09. The van der Waals surface area contributed by atoms with Crippen LogP contribution in [0, 0.1) is 0 Å². The summed E-state index contributed by atoms with van der Waals surface area (Å²) < 4.78 is 35.1. The number of ether oxygens (including phenoxy) is 2. The van der Waals surface area contributed by atoms with Gasteiger partial charge in [0.15, 0.2) is 17.3 Å². The van der Waals surface area contributed by atoms with Crippen molar-refractivity contribution in [2.24, 2.45) is 0 Å². The first-order valence-corrected chi connectivity index (χ1v) is 6.59. The lowest BCUT2D eigenvalue weighted by atomic mass is 9.91. The molecule has 6 heteroatoms. The summed E-state index contributed by atoms with van der Waals surface area (Å²) in [6.45, 7) is 0. The average molecular weight is 319 g/mol. The third-order valence-electron chi connectivity index (χ3n) is 3.35. The standard InChI is InChI=1S/C12H9BrF2O3/c13-6-9(16)11(4-5-11)7-2-1-3-8-10(7)18-12(14,15)17-8/h1-3H,4-6H2. The molecule has 0 amide bonds. The van der Waals surface area contributed by atoms with E-state index < -0.39 is 11.7 Å². The van der Waals surface area contributed by atoms with Crippen LogP contribution in [-0.4, -0.2) is 17.4 Å². The molecule has 0 atom stereocenters. The summed E-state index contributed by atoms with van der Waals surface area (Å²) >= 11 is 3.12. The second-order valence-electron chi connectivity index (χ2n) is 4.44. The second-order valence-corrected chi connectivity index (χ2v) is 5.00. The zero-order valence-electron chi connectivity index (χ0n) is 9.21. The monoisotopic (exact) mass is 318 g/mol. The van der Waals surface area contributed by atoms with Gasteiger partial charge in [-0.1, -0.05) is 28.1 Å². The second kappa shape index (κ2) is 3.66. The number of fused-ring (bicyclic) bond motifs is 1. The number of hydrogen-bond acceptors (Lipinski definition) is 3. The lowest BCUT2D eigenvalue weighted by molar-refractivity contribution is -0.287. The predicted molar refractivity (Wildman–Crippen MR) is 62.4 cm³/mol. The Labute approximate surface area is 110 Å². The minimum atomic E-state index is -3.65. The molecule has 0 unspecified atom stereocenters. The van der Waals surface area contributed by atoms with Crippen LogP contribution in [0.3, 0.4) is 0 Å². The zero-order valence-corrected chi connectivity index (χ0v) is 10.8. The molecule has 96 valence electrons. The van der Waals surface area contributed by atoms with E-state index in [2.05, 4.69) is 25.4 Å². The van der Waals surface area contributed by atoms with Gasteiger partial charge < -0.3 is 9.47 Å². The van der Waals surface area contributed by atoms with Crippen molar-refractivity contribution >= 4 is 21.7 Å². The Morgan fingerprint density at radius 2 is 2.06 bits per heavy atom. The third-order valence-corrected chi connectivity index (χ3v) is 3.86. The highest BCUT2D eigenvalue weighted by Crippen LogP contribution is 2.56. The van der Waals surface area contributed by atoms with Gasteiger partial charge >= 0.3 is 6.29 Å². The first-order chi connectivity index (χ1) is 8.48. The van der Waals surface area contributed by atoms with E-state index in [4.69, 9.17) is 0 Å². The maximum Gasteiger partial charge on any atom is 0.586 e. The average Bonchev–Trinajstić information content (AvgIpc) is 3.05. The molecule has 1 aliphatic heterocycles. The number of rotatable bonds is 3. The van der Waals surface area contributed by atoms with Crippen LogP contribution in [-0.2, 0) is 10.2 Å². The molecule has 1 aromatic rings. The topological polar surface area (TPSA) is 35.5 Å². The maximum absolute atomic E-state index is 13.1. The number of Topliss-reactive ketones (excluding diaryl/α,β-unsaturated/α-hetero) is 1. The van der Waals surface area contributed by atoms with E-state index in [0.717, 1.165) is 0 Å². The zero-order chi connectivity index (χ0) is 13.0. The Morgan fingerprint density at radius 1 is 1.33 bits per heavy atom. The molecule has 1 heterocycles. The molecular weight excluding hydrogens is 310 g/mol. The fraction of sp³-hybridized carbons (Fsp3) is 0.417. The third kappa shape index (κ3) is 1.62. The molecule has 0 N–H and O–H groups in total. The van der Waals surface area contributed by atoms with Gasteiger partial charge in [0.25, 0.3) is 0 Å². The summed E-state index contributed by atoms with van der Waals surface area (Å²) in [6.07, 6.45) is -2.34. The lowest BCUT2D eigenvalue weighted by Gasteiger charge is -2.15. The van der Waals surface area contributed by atoms with Crippen molar-refractivity contribution in [2.45, 2.75) is 24.6 Å². The van der Waals surface area contributed by atoms with Gasteiger partial charge in [-0.15, -0.1) is 8.78 Å². The summed E-state index contributed by atoms with van der Waals surface area (Å²) in [5, 5.41) is 0.202. The minimum absolute atomic E-state index is 0.00528. The number of hydrogen-bond donors (Lipinski definition) is 0. The lowest BCUT2D eigenvalue weighted by Crippen LogP contribution is -2.27. The van der Waals surface area contributed by atoms with E-state index in [1.165, 1.54) is 6.07 Å². The van der Waals surface area contributed by atoms with Gasteiger partial charge in [0.05, 0.1) is 10.7 Å². The highest BCUT2D eigenvalue weighted by atomic mass is 79.9. The molecule has 1 aromatic carbocycles. The minimum Gasteiger partial charge on any atom is -0.395 e. The molecule has 0 radical (unpaired) electrons. The summed E-state index contributed by atoms with van der Waals surface area (Å²) in [5.74, 6) is -0.0323.